The zero-order valence-electron chi connectivity index (χ0n) is 18.0. The maximum atomic E-state index is 13.2. The Morgan fingerprint density at radius 3 is 2.47 bits per heavy atom. The van der Waals surface area contributed by atoms with Crippen molar-refractivity contribution in [1.82, 2.24) is 18.7 Å². The highest BCUT2D eigenvalue weighted by molar-refractivity contribution is 5.93. The number of imidazole rings is 1. The van der Waals surface area contributed by atoms with E-state index in [0.717, 1.165) is 22.3 Å². The standard InChI is InChI=1S/C23H26N4O3/c1-7-9-14(3)18-11-10-17(12-15(18)4)13-27-22(29)19-21(26(8-2)23(27)30)24-20(16(5)28)25(19)6/h7,9-12H,1,8,13H2,2-6H3/b14-9-. The fourth-order valence-corrected chi connectivity index (χ4v) is 3.82. The van der Waals surface area contributed by atoms with E-state index in [1.807, 2.05) is 45.0 Å². The monoisotopic (exact) mass is 406 g/mol. The van der Waals surface area contributed by atoms with Gasteiger partial charge in [-0.25, -0.2) is 9.78 Å². The number of carbonyl (C=O) groups is 1. The summed E-state index contributed by atoms with van der Waals surface area (Å²) in [5.41, 5.74) is 3.68. The van der Waals surface area contributed by atoms with Crippen molar-refractivity contribution in [3.63, 3.8) is 0 Å². The first-order valence-electron chi connectivity index (χ1n) is 9.81. The first-order chi connectivity index (χ1) is 14.2. The van der Waals surface area contributed by atoms with E-state index >= 15 is 0 Å². The normalized spacial score (nSPS) is 11.8. The molecule has 1 aromatic carbocycles. The Morgan fingerprint density at radius 1 is 1.20 bits per heavy atom. The average molecular weight is 406 g/mol. The molecule has 0 aliphatic carbocycles. The second kappa shape index (κ2) is 8.10. The molecule has 0 saturated heterocycles. The van der Waals surface area contributed by atoms with Crippen molar-refractivity contribution in [3.8, 4) is 0 Å². The van der Waals surface area contributed by atoms with Crippen molar-refractivity contribution in [1.29, 1.82) is 0 Å². The number of aryl methyl sites for hydroxylation is 3. The number of rotatable bonds is 6. The summed E-state index contributed by atoms with van der Waals surface area (Å²) in [6.07, 6.45) is 3.68. The summed E-state index contributed by atoms with van der Waals surface area (Å²) in [7, 11) is 1.62. The van der Waals surface area contributed by atoms with Crippen molar-refractivity contribution < 1.29 is 4.79 Å². The van der Waals surface area contributed by atoms with Gasteiger partial charge >= 0.3 is 5.69 Å². The van der Waals surface area contributed by atoms with Gasteiger partial charge in [-0.3, -0.25) is 18.7 Å². The van der Waals surface area contributed by atoms with Gasteiger partial charge < -0.3 is 4.57 Å². The molecule has 7 heteroatoms. The smallest absolute Gasteiger partial charge is 0.319 e. The highest BCUT2D eigenvalue weighted by atomic mass is 16.2. The van der Waals surface area contributed by atoms with Gasteiger partial charge in [-0.2, -0.15) is 0 Å². The number of nitrogens with zero attached hydrogens (tertiary/aromatic N) is 4. The Kier molecular flexibility index (Phi) is 5.73. The Bertz CT molecular complexity index is 1320. The molecule has 156 valence electrons. The van der Waals surface area contributed by atoms with Crippen LogP contribution in [0.2, 0.25) is 0 Å². The van der Waals surface area contributed by atoms with Crippen LogP contribution in [-0.2, 0) is 20.1 Å². The van der Waals surface area contributed by atoms with Gasteiger partial charge in [-0.15, -0.1) is 0 Å². The molecule has 0 aliphatic heterocycles. The number of hydrogen-bond acceptors (Lipinski definition) is 4. The van der Waals surface area contributed by atoms with Crippen LogP contribution < -0.4 is 11.2 Å². The lowest BCUT2D eigenvalue weighted by atomic mass is 9.99. The minimum absolute atomic E-state index is 0.138. The Hall–Kier alpha value is -3.48. The first-order valence-corrected chi connectivity index (χ1v) is 9.81. The molecule has 30 heavy (non-hydrogen) atoms. The average Bonchev–Trinajstić information content (AvgIpc) is 3.03. The van der Waals surface area contributed by atoms with E-state index < -0.39 is 11.2 Å². The number of aromatic nitrogens is 4. The SMILES string of the molecule is C=C/C=C(/C)c1ccc(Cn2c(=O)c3c(nc(C(C)=O)n3C)n(CC)c2=O)cc1C. The van der Waals surface area contributed by atoms with Crippen molar-refractivity contribution in [3.05, 3.63) is 80.3 Å². The molecular weight excluding hydrogens is 380 g/mol. The molecule has 0 N–H and O–H groups in total. The highest BCUT2D eigenvalue weighted by Gasteiger charge is 2.21. The number of ketones is 1. The number of benzene rings is 1. The molecule has 0 atom stereocenters. The summed E-state index contributed by atoms with van der Waals surface area (Å²) in [6, 6.07) is 5.88. The van der Waals surface area contributed by atoms with Gasteiger partial charge in [0.05, 0.1) is 6.54 Å². The lowest BCUT2D eigenvalue weighted by Crippen LogP contribution is -2.40. The largest absolute Gasteiger partial charge is 0.333 e. The topological polar surface area (TPSA) is 78.9 Å². The molecule has 0 fully saturated rings. The van der Waals surface area contributed by atoms with Crippen LogP contribution in [0.15, 0.2) is 46.5 Å². The van der Waals surface area contributed by atoms with Crippen molar-refractivity contribution in [2.24, 2.45) is 7.05 Å². The second-order valence-electron chi connectivity index (χ2n) is 7.38. The number of Topliss-reactive ketones (excluding diaryl/α,β-unsaturated/α-hetero) is 1. The minimum Gasteiger partial charge on any atom is -0.319 e. The molecule has 3 rings (SSSR count). The first kappa shape index (κ1) is 21.2. The molecule has 7 nitrogen and oxygen atoms in total. The highest BCUT2D eigenvalue weighted by Crippen LogP contribution is 2.20. The van der Waals surface area contributed by atoms with Gasteiger partial charge in [0.1, 0.15) is 0 Å². The van der Waals surface area contributed by atoms with Crippen molar-refractivity contribution in [2.45, 2.75) is 40.8 Å². The summed E-state index contributed by atoms with van der Waals surface area (Å²) in [6.45, 7) is 11.4. The van der Waals surface area contributed by atoms with Crippen LogP contribution in [-0.4, -0.2) is 24.5 Å². The lowest BCUT2D eigenvalue weighted by molar-refractivity contribution is 0.100. The van der Waals surface area contributed by atoms with Crippen LogP contribution in [0.4, 0.5) is 0 Å². The number of hydrogen-bond donors (Lipinski definition) is 0. The molecule has 0 spiro atoms. The van der Waals surface area contributed by atoms with E-state index in [1.165, 1.54) is 20.6 Å². The molecule has 0 bridgehead atoms. The van der Waals surface area contributed by atoms with Gasteiger partial charge in [-0.1, -0.05) is 36.9 Å². The molecule has 2 aromatic heterocycles. The van der Waals surface area contributed by atoms with Gasteiger partial charge in [0.15, 0.2) is 22.8 Å². The molecular formula is C23H26N4O3. The molecule has 2 heterocycles. The Morgan fingerprint density at radius 2 is 1.90 bits per heavy atom. The molecule has 3 aromatic rings. The van der Waals surface area contributed by atoms with Crippen molar-refractivity contribution >= 4 is 22.5 Å². The van der Waals surface area contributed by atoms with Crippen LogP contribution in [0.5, 0.6) is 0 Å². The number of fused-ring (bicyclic) bond motifs is 1. The lowest BCUT2D eigenvalue weighted by Gasteiger charge is -2.12. The van der Waals surface area contributed by atoms with E-state index in [2.05, 4.69) is 11.6 Å². The van der Waals surface area contributed by atoms with E-state index in [1.54, 1.807) is 13.1 Å². The quantitative estimate of drug-likeness (QED) is 0.466. The van der Waals surface area contributed by atoms with Crippen LogP contribution in [0.25, 0.3) is 16.7 Å². The summed E-state index contributed by atoms with van der Waals surface area (Å²) in [5.74, 6) is -0.102. The van der Waals surface area contributed by atoms with Crippen molar-refractivity contribution in [2.75, 3.05) is 0 Å². The summed E-state index contributed by atoms with van der Waals surface area (Å²) >= 11 is 0. The third-order valence-corrected chi connectivity index (χ3v) is 5.30. The minimum atomic E-state index is -0.452. The van der Waals surface area contributed by atoms with Gasteiger partial charge in [0.2, 0.25) is 0 Å². The fourth-order valence-electron chi connectivity index (χ4n) is 3.82. The van der Waals surface area contributed by atoms with E-state index in [-0.39, 0.29) is 29.3 Å². The number of carbonyl (C=O) groups excluding carboxylic acids is 1. The number of allylic oxidation sites excluding steroid dienone is 3. The summed E-state index contributed by atoms with van der Waals surface area (Å²) < 4.78 is 4.11. The summed E-state index contributed by atoms with van der Waals surface area (Å²) in [5, 5.41) is 0. The molecule has 0 radical (unpaired) electrons. The fraction of sp³-hybridized carbons (Fsp3) is 0.304. The zero-order chi connectivity index (χ0) is 22.2. The summed E-state index contributed by atoms with van der Waals surface area (Å²) in [4.78, 5) is 42.4. The second-order valence-corrected chi connectivity index (χ2v) is 7.38. The van der Waals surface area contributed by atoms with Crippen LogP contribution in [0.3, 0.4) is 0 Å². The molecule has 0 saturated carbocycles. The predicted molar refractivity (Wildman–Crippen MR) is 119 cm³/mol. The van der Waals surface area contributed by atoms with Gasteiger partial charge in [0, 0.05) is 20.5 Å². The van der Waals surface area contributed by atoms with E-state index in [4.69, 9.17) is 0 Å². The third-order valence-electron chi connectivity index (χ3n) is 5.30. The maximum absolute atomic E-state index is 13.2. The van der Waals surface area contributed by atoms with Crippen LogP contribution >= 0.6 is 0 Å². The molecule has 0 aliphatic rings. The molecule has 0 amide bonds. The van der Waals surface area contributed by atoms with Crippen LogP contribution in [0, 0.1) is 6.92 Å². The van der Waals surface area contributed by atoms with Crippen LogP contribution in [0.1, 0.15) is 48.1 Å². The van der Waals surface area contributed by atoms with E-state index in [9.17, 15) is 14.4 Å². The van der Waals surface area contributed by atoms with Gasteiger partial charge in [0.25, 0.3) is 5.56 Å². The van der Waals surface area contributed by atoms with Gasteiger partial charge in [-0.05, 0) is 43.0 Å². The predicted octanol–water partition coefficient (Wildman–Crippen LogP) is 3.07. The van der Waals surface area contributed by atoms with E-state index in [0.29, 0.717) is 6.54 Å². The molecule has 0 unspecified atom stereocenters. The Labute approximate surface area is 174 Å². The Balaban J connectivity index is 2.19. The maximum Gasteiger partial charge on any atom is 0.333 e. The zero-order valence-corrected chi connectivity index (χ0v) is 18.0. The third kappa shape index (κ3) is 3.47.